The molecule has 0 aromatic carbocycles. The number of hydrogen-bond acceptors (Lipinski definition) is 5. The van der Waals surface area contributed by atoms with Crippen molar-refractivity contribution in [2.24, 2.45) is 5.73 Å². The molecule has 1 aliphatic rings. The normalized spacial score (nSPS) is 18.6. The minimum Gasteiger partial charge on any atom is -0.381 e. The molecule has 1 amide bonds. The number of carbonyl (C=O) groups excluding carboxylic acids is 1. The quantitative estimate of drug-likeness (QED) is 0.901. The molecule has 18 heavy (non-hydrogen) atoms. The van der Waals surface area contributed by atoms with Crippen LogP contribution in [0.2, 0.25) is 0 Å². The van der Waals surface area contributed by atoms with E-state index in [0.29, 0.717) is 5.69 Å². The van der Waals surface area contributed by atoms with Crippen molar-refractivity contribution >= 4 is 17.2 Å². The number of nitrogens with zero attached hydrogens (tertiary/aromatic N) is 2. The Hall–Kier alpha value is -0.980. The second-order valence-electron chi connectivity index (χ2n) is 4.62. The van der Waals surface area contributed by atoms with Crippen LogP contribution in [0.4, 0.5) is 0 Å². The van der Waals surface area contributed by atoms with E-state index in [4.69, 9.17) is 10.5 Å². The maximum Gasteiger partial charge on any atom is 0.273 e. The number of hydrogen-bond donors (Lipinski definition) is 1. The number of carbonyl (C=O) groups is 1. The maximum atomic E-state index is 12.3. The fourth-order valence-corrected chi connectivity index (χ4v) is 2.77. The van der Waals surface area contributed by atoms with Crippen LogP contribution in [0.3, 0.4) is 0 Å². The van der Waals surface area contributed by atoms with Crippen LogP contribution in [0, 0.1) is 0 Å². The zero-order valence-corrected chi connectivity index (χ0v) is 11.6. The van der Waals surface area contributed by atoms with Gasteiger partial charge in [-0.25, -0.2) is 4.98 Å². The molecule has 1 aromatic rings. The van der Waals surface area contributed by atoms with E-state index < -0.39 is 0 Å². The van der Waals surface area contributed by atoms with E-state index in [1.165, 1.54) is 11.3 Å². The van der Waals surface area contributed by atoms with Gasteiger partial charge >= 0.3 is 0 Å². The van der Waals surface area contributed by atoms with Crippen molar-refractivity contribution in [2.75, 3.05) is 20.3 Å². The molecule has 0 bridgehead atoms. The van der Waals surface area contributed by atoms with E-state index in [1.807, 2.05) is 14.0 Å². The Morgan fingerprint density at radius 1 is 1.61 bits per heavy atom. The monoisotopic (exact) mass is 269 g/mol. The molecule has 0 spiro atoms. The van der Waals surface area contributed by atoms with Crippen molar-refractivity contribution in [1.82, 2.24) is 9.88 Å². The van der Waals surface area contributed by atoms with Crippen molar-refractivity contribution in [1.29, 1.82) is 0 Å². The number of rotatable bonds is 3. The molecular formula is C12H19N3O2S. The standard InChI is InChI=1S/C12H19N3O2S/c1-8(13)11-14-10(7-18-11)12(16)15(2)9-3-5-17-6-4-9/h7-9H,3-6,13H2,1-2H3. The second-order valence-corrected chi connectivity index (χ2v) is 5.51. The van der Waals surface area contributed by atoms with Gasteiger partial charge in [0.15, 0.2) is 0 Å². The number of thiazole rings is 1. The van der Waals surface area contributed by atoms with Crippen molar-refractivity contribution in [3.05, 3.63) is 16.1 Å². The van der Waals surface area contributed by atoms with Gasteiger partial charge < -0.3 is 15.4 Å². The molecule has 2 heterocycles. The van der Waals surface area contributed by atoms with Gasteiger partial charge in [-0.1, -0.05) is 0 Å². The van der Waals surface area contributed by atoms with Crippen molar-refractivity contribution < 1.29 is 9.53 Å². The van der Waals surface area contributed by atoms with Crippen LogP contribution in [0.15, 0.2) is 5.38 Å². The average molecular weight is 269 g/mol. The Labute approximate surface area is 111 Å². The average Bonchev–Trinajstić information content (AvgIpc) is 2.88. The predicted octanol–water partition coefficient (Wildman–Crippen LogP) is 1.41. The molecule has 0 radical (unpaired) electrons. The third-order valence-electron chi connectivity index (χ3n) is 3.19. The Morgan fingerprint density at radius 2 is 2.28 bits per heavy atom. The first-order chi connectivity index (χ1) is 8.59. The highest BCUT2D eigenvalue weighted by Gasteiger charge is 2.25. The van der Waals surface area contributed by atoms with Crippen molar-refractivity contribution in [3.8, 4) is 0 Å². The summed E-state index contributed by atoms with van der Waals surface area (Å²) in [5.41, 5.74) is 6.25. The van der Waals surface area contributed by atoms with Gasteiger partial charge in [0.2, 0.25) is 0 Å². The highest BCUT2D eigenvalue weighted by Crippen LogP contribution is 2.19. The summed E-state index contributed by atoms with van der Waals surface area (Å²) >= 11 is 1.44. The number of ether oxygens (including phenoxy) is 1. The van der Waals surface area contributed by atoms with E-state index in [1.54, 1.807) is 10.3 Å². The van der Waals surface area contributed by atoms with E-state index in [0.717, 1.165) is 31.1 Å². The molecule has 1 saturated heterocycles. The molecule has 100 valence electrons. The molecule has 2 rings (SSSR count). The summed E-state index contributed by atoms with van der Waals surface area (Å²) in [6.07, 6.45) is 1.79. The fraction of sp³-hybridized carbons (Fsp3) is 0.667. The topological polar surface area (TPSA) is 68.5 Å². The third-order valence-corrected chi connectivity index (χ3v) is 4.24. The second kappa shape index (κ2) is 5.77. The molecule has 1 aliphatic heterocycles. The van der Waals surface area contributed by atoms with E-state index >= 15 is 0 Å². The molecule has 0 aliphatic carbocycles. The number of amides is 1. The first-order valence-electron chi connectivity index (χ1n) is 6.15. The van der Waals surface area contributed by atoms with Gasteiger partial charge in [0.1, 0.15) is 10.7 Å². The molecule has 1 unspecified atom stereocenters. The predicted molar refractivity (Wildman–Crippen MR) is 70.7 cm³/mol. The summed E-state index contributed by atoms with van der Waals surface area (Å²) in [5, 5.41) is 2.59. The summed E-state index contributed by atoms with van der Waals surface area (Å²) in [4.78, 5) is 18.3. The smallest absolute Gasteiger partial charge is 0.273 e. The lowest BCUT2D eigenvalue weighted by molar-refractivity contribution is 0.0359. The summed E-state index contributed by atoms with van der Waals surface area (Å²) in [6, 6.07) is 0.136. The summed E-state index contributed by atoms with van der Waals surface area (Å²) in [6.45, 7) is 3.32. The van der Waals surface area contributed by atoms with Gasteiger partial charge in [0, 0.05) is 31.7 Å². The maximum absolute atomic E-state index is 12.3. The van der Waals surface area contributed by atoms with E-state index in [9.17, 15) is 4.79 Å². The van der Waals surface area contributed by atoms with E-state index in [-0.39, 0.29) is 18.0 Å². The summed E-state index contributed by atoms with van der Waals surface area (Å²) < 4.78 is 5.30. The fourth-order valence-electron chi connectivity index (χ4n) is 2.01. The minimum atomic E-state index is -0.120. The van der Waals surface area contributed by atoms with Crippen molar-refractivity contribution in [3.63, 3.8) is 0 Å². The highest BCUT2D eigenvalue weighted by atomic mass is 32.1. The first-order valence-corrected chi connectivity index (χ1v) is 7.03. The van der Waals surface area contributed by atoms with Gasteiger partial charge in [0.25, 0.3) is 5.91 Å². The molecular weight excluding hydrogens is 250 g/mol. The van der Waals surface area contributed by atoms with Gasteiger partial charge in [-0.3, -0.25) is 4.79 Å². The Bertz CT molecular complexity index is 413. The van der Waals surface area contributed by atoms with Crippen LogP contribution in [0.25, 0.3) is 0 Å². The lowest BCUT2D eigenvalue weighted by Gasteiger charge is -2.30. The van der Waals surface area contributed by atoms with Crippen LogP contribution in [0.1, 0.15) is 41.3 Å². The SMILES string of the molecule is CC(N)c1nc(C(=O)N(C)C2CCOCC2)cs1. The lowest BCUT2D eigenvalue weighted by Crippen LogP contribution is -2.40. The van der Waals surface area contributed by atoms with E-state index in [2.05, 4.69) is 4.98 Å². The van der Waals surface area contributed by atoms with Gasteiger partial charge in [-0.2, -0.15) is 0 Å². The van der Waals surface area contributed by atoms with Crippen LogP contribution >= 0.6 is 11.3 Å². The molecule has 5 nitrogen and oxygen atoms in total. The molecule has 0 saturated carbocycles. The van der Waals surface area contributed by atoms with Crippen LogP contribution < -0.4 is 5.73 Å². The zero-order chi connectivity index (χ0) is 13.1. The van der Waals surface area contributed by atoms with Gasteiger partial charge in [0.05, 0.1) is 6.04 Å². The summed E-state index contributed by atoms with van der Waals surface area (Å²) in [5.74, 6) is -0.0231. The largest absolute Gasteiger partial charge is 0.381 e. The van der Waals surface area contributed by atoms with Crippen LogP contribution in [-0.4, -0.2) is 42.1 Å². The molecule has 1 atom stereocenters. The molecule has 2 N–H and O–H groups in total. The van der Waals surface area contributed by atoms with Crippen molar-refractivity contribution in [2.45, 2.75) is 31.8 Å². The van der Waals surface area contributed by atoms with Gasteiger partial charge in [-0.05, 0) is 19.8 Å². The summed E-state index contributed by atoms with van der Waals surface area (Å²) in [7, 11) is 1.84. The Balaban J connectivity index is 2.04. The third kappa shape index (κ3) is 2.88. The Kier molecular flexibility index (Phi) is 4.31. The first kappa shape index (κ1) is 13.5. The molecule has 1 aromatic heterocycles. The number of nitrogens with two attached hydrogens (primary N) is 1. The lowest BCUT2D eigenvalue weighted by atomic mass is 10.1. The highest BCUT2D eigenvalue weighted by molar-refractivity contribution is 7.09. The zero-order valence-electron chi connectivity index (χ0n) is 10.8. The Morgan fingerprint density at radius 3 is 2.83 bits per heavy atom. The molecule has 6 heteroatoms. The van der Waals surface area contributed by atoms with Crippen LogP contribution in [-0.2, 0) is 4.74 Å². The van der Waals surface area contributed by atoms with Gasteiger partial charge in [-0.15, -0.1) is 11.3 Å². The minimum absolute atomic E-state index is 0.0231. The molecule has 1 fully saturated rings. The number of aromatic nitrogens is 1. The van der Waals surface area contributed by atoms with Crippen LogP contribution in [0.5, 0.6) is 0 Å².